The Morgan fingerprint density at radius 2 is 1.77 bits per heavy atom. The molecule has 0 bridgehead atoms. The number of hydrogen-bond acceptors (Lipinski definition) is 6. The normalized spacial score (nSPS) is 10.6. The first-order valence-electron chi connectivity index (χ1n) is 9.08. The van der Waals surface area contributed by atoms with Gasteiger partial charge in [-0.2, -0.15) is 4.98 Å². The van der Waals surface area contributed by atoms with E-state index in [4.69, 9.17) is 9.47 Å². The number of aromatic nitrogens is 3. The molecule has 30 heavy (non-hydrogen) atoms. The molecule has 8 heteroatoms. The molecule has 0 fully saturated rings. The summed E-state index contributed by atoms with van der Waals surface area (Å²) in [5, 5.41) is 3.26. The molecular formula is C22H18N4O4. The summed E-state index contributed by atoms with van der Waals surface area (Å²) in [6.45, 7) is 0. The van der Waals surface area contributed by atoms with Crippen LogP contribution in [-0.2, 0) is 0 Å². The van der Waals surface area contributed by atoms with E-state index in [0.29, 0.717) is 33.6 Å². The number of H-pyrrole nitrogens is 1. The molecule has 2 N–H and O–H groups in total. The highest BCUT2D eigenvalue weighted by molar-refractivity contribution is 6.07. The number of carbonyl (C=O) groups excluding carboxylic acids is 1. The molecule has 0 saturated heterocycles. The summed E-state index contributed by atoms with van der Waals surface area (Å²) in [5.74, 6) is -0.227. The molecule has 2 heterocycles. The van der Waals surface area contributed by atoms with Gasteiger partial charge in [-0.1, -0.05) is 30.3 Å². The molecule has 2 aromatic heterocycles. The van der Waals surface area contributed by atoms with E-state index >= 15 is 0 Å². The predicted molar refractivity (Wildman–Crippen MR) is 113 cm³/mol. The first kappa shape index (κ1) is 19.1. The van der Waals surface area contributed by atoms with Gasteiger partial charge in [0.15, 0.2) is 0 Å². The number of benzene rings is 2. The summed E-state index contributed by atoms with van der Waals surface area (Å²) in [7, 11) is 2.95. The van der Waals surface area contributed by atoms with Gasteiger partial charge in [0.2, 0.25) is 11.3 Å². The maximum atomic E-state index is 12.9. The summed E-state index contributed by atoms with van der Waals surface area (Å²) in [6, 6.07) is 14.3. The van der Waals surface area contributed by atoms with E-state index < -0.39 is 5.91 Å². The number of rotatable bonds is 5. The van der Waals surface area contributed by atoms with Gasteiger partial charge in [-0.3, -0.25) is 9.59 Å². The molecule has 4 aromatic rings. The van der Waals surface area contributed by atoms with Crippen LogP contribution in [0.2, 0.25) is 0 Å². The topological polar surface area (TPSA) is 106 Å². The van der Waals surface area contributed by atoms with E-state index in [-0.39, 0.29) is 17.0 Å². The molecular weight excluding hydrogens is 384 g/mol. The van der Waals surface area contributed by atoms with Gasteiger partial charge in [-0.05, 0) is 18.2 Å². The van der Waals surface area contributed by atoms with Crippen LogP contribution < -0.4 is 20.2 Å². The second-order valence-corrected chi connectivity index (χ2v) is 6.36. The quantitative estimate of drug-likeness (QED) is 0.531. The molecule has 0 saturated carbocycles. The number of amides is 1. The fraction of sp³-hybridized carbons (Fsp3) is 0.0909. The van der Waals surface area contributed by atoms with Crippen LogP contribution in [0, 0.1) is 0 Å². The lowest BCUT2D eigenvalue weighted by atomic mass is 10.1. The van der Waals surface area contributed by atoms with E-state index in [1.54, 1.807) is 42.6 Å². The van der Waals surface area contributed by atoms with Gasteiger partial charge in [0.05, 0.1) is 19.8 Å². The Hall–Kier alpha value is -4.20. The van der Waals surface area contributed by atoms with Crippen LogP contribution in [0.15, 0.2) is 65.7 Å². The number of aromatic amines is 1. The zero-order valence-corrected chi connectivity index (χ0v) is 16.3. The van der Waals surface area contributed by atoms with E-state index in [1.165, 1.54) is 20.4 Å². The Morgan fingerprint density at radius 3 is 2.57 bits per heavy atom. The molecule has 4 rings (SSSR count). The monoisotopic (exact) mass is 402 g/mol. The lowest BCUT2D eigenvalue weighted by Crippen LogP contribution is -2.22. The minimum Gasteiger partial charge on any atom is -0.480 e. The number of fused-ring (bicyclic) bond motifs is 1. The third-order valence-corrected chi connectivity index (χ3v) is 4.61. The average Bonchev–Trinajstić information content (AvgIpc) is 2.79. The number of nitrogens with zero attached hydrogens (tertiary/aromatic N) is 2. The van der Waals surface area contributed by atoms with E-state index in [9.17, 15) is 9.59 Å². The average molecular weight is 402 g/mol. The summed E-state index contributed by atoms with van der Waals surface area (Å²) in [4.78, 5) is 37.0. The van der Waals surface area contributed by atoms with Crippen LogP contribution in [0.5, 0.6) is 11.9 Å². The highest BCUT2D eigenvalue weighted by Crippen LogP contribution is 2.34. The second kappa shape index (κ2) is 8.04. The molecule has 0 atom stereocenters. The van der Waals surface area contributed by atoms with Crippen molar-refractivity contribution in [2.45, 2.75) is 0 Å². The number of ether oxygens (including phenoxy) is 2. The number of anilines is 1. The first-order valence-corrected chi connectivity index (χ1v) is 9.08. The van der Waals surface area contributed by atoms with Gasteiger partial charge in [0.25, 0.3) is 5.91 Å². The van der Waals surface area contributed by atoms with E-state index in [1.807, 2.05) is 12.1 Å². The van der Waals surface area contributed by atoms with Crippen molar-refractivity contribution in [3.05, 3.63) is 76.7 Å². The third-order valence-electron chi connectivity index (χ3n) is 4.61. The number of carbonyl (C=O) groups is 1. The molecule has 0 aliphatic rings. The van der Waals surface area contributed by atoms with Gasteiger partial charge in [-0.15, -0.1) is 0 Å². The van der Waals surface area contributed by atoms with Crippen molar-refractivity contribution < 1.29 is 14.3 Å². The SMILES string of the molecule is COc1ncc(-c2ccccc2NC(=O)c2c[nH]c3ccccc3c2=O)c(OC)n1. The number of pyridine rings is 1. The Bertz CT molecular complexity index is 1300. The fourth-order valence-corrected chi connectivity index (χ4v) is 3.14. The zero-order chi connectivity index (χ0) is 21.1. The highest BCUT2D eigenvalue weighted by Gasteiger charge is 2.18. The maximum Gasteiger partial charge on any atom is 0.319 e. The van der Waals surface area contributed by atoms with Gasteiger partial charge in [0, 0.05) is 34.5 Å². The van der Waals surface area contributed by atoms with Crippen LogP contribution in [0.25, 0.3) is 22.0 Å². The van der Waals surface area contributed by atoms with Crippen molar-refractivity contribution in [3.63, 3.8) is 0 Å². The van der Waals surface area contributed by atoms with Crippen LogP contribution in [-0.4, -0.2) is 35.1 Å². The van der Waals surface area contributed by atoms with Crippen molar-refractivity contribution >= 4 is 22.5 Å². The molecule has 0 spiro atoms. The van der Waals surface area contributed by atoms with E-state index in [0.717, 1.165) is 0 Å². The molecule has 0 aliphatic carbocycles. The van der Waals surface area contributed by atoms with E-state index in [2.05, 4.69) is 20.3 Å². The largest absolute Gasteiger partial charge is 0.480 e. The lowest BCUT2D eigenvalue weighted by molar-refractivity contribution is 0.102. The van der Waals surface area contributed by atoms with Crippen molar-refractivity contribution in [2.24, 2.45) is 0 Å². The lowest BCUT2D eigenvalue weighted by Gasteiger charge is -2.13. The number of methoxy groups -OCH3 is 2. The van der Waals surface area contributed by atoms with Gasteiger partial charge in [0.1, 0.15) is 5.56 Å². The van der Waals surface area contributed by atoms with Crippen LogP contribution in [0.1, 0.15) is 10.4 Å². The number of nitrogens with one attached hydrogen (secondary N) is 2. The van der Waals surface area contributed by atoms with Crippen LogP contribution in [0.3, 0.4) is 0 Å². The minimum atomic E-state index is -0.525. The fourth-order valence-electron chi connectivity index (χ4n) is 3.14. The number of para-hydroxylation sites is 2. The molecule has 150 valence electrons. The van der Waals surface area contributed by atoms with Gasteiger partial charge >= 0.3 is 6.01 Å². The molecule has 0 unspecified atom stereocenters. The van der Waals surface area contributed by atoms with Gasteiger partial charge in [-0.25, -0.2) is 4.98 Å². The van der Waals surface area contributed by atoms with Crippen molar-refractivity contribution in [1.29, 1.82) is 0 Å². The Labute approximate surface area is 171 Å². The zero-order valence-electron chi connectivity index (χ0n) is 16.3. The summed E-state index contributed by atoms with van der Waals surface area (Å²) in [6.07, 6.45) is 2.97. The summed E-state index contributed by atoms with van der Waals surface area (Å²) >= 11 is 0. The molecule has 0 radical (unpaired) electrons. The first-order chi connectivity index (χ1) is 14.6. The Kier molecular flexibility index (Phi) is 5.13. The van der Waals surface area contributed by atoms with Crippen LogP contribution >= 0.6 is 0 Å². The van der Waals surface area contributed by atoms with Crippen molar-refractivity contribution in [2.75, 3.05) is 19.5 Å². The minimum absolute atomic E-state index is 0.0152. The Morgan fingerprint density at radius 1 is 1.00 bits per heavy atom. The van der Waals surface area contributed by atoms with Crippen LogP contribution in [0.4, 0.5) is 5.69 Å². The molecule has 0 aliphatic heterocycles. The summed E-state index contributed by atoms with van der Waals surface area (Å²) < 4.78 is 10.4. The summed E-state index contributed by atoms with van der Waals surface area (Å²) in [5.41, 5.74) is 2.04. The standard InChI is InChI=1S/C22H18N4O4/c1-29-21-15(11-24-22(26-21)30-2)13-7-3-6-10-18(13)25-20(28)16-12-23-17-9-5-4-8-14(17)19(16)27/h3-12H,1-2H3,(H,23,27)(H,25,28). The molecule has 8 nitrogen and oxygen atoms in total. The second-order valence-electron chi connectivity index (χ2n) is 6.36. The maximum absolute atomic E-state index is 12.9. The van der Waals surface area contributed by atoms with Crippen molar-refractivity contribution in [1.82, 2.24) is 15.0 Å². The predicted octanol–water partition coefficient (Wildman–Crippen LogP) is 3.25. The van der Waals surface area contributed by atoms with Crippen molar-refractivity contribution in [3.8, 4) is 23.0 Å². The molecule has 1 amide bonds. The smallest absolute Gasteiger partial charge is 0.319 e. The highest BCUT2D eigenvalue weighted by atomic mass is 16.5. The molecule has 2 aromatic carbocycles. The number of hydrogen-bond donors (Lipinski definition) is 2. The Balaban J connectivity index is 1.73. The third kappa shape index (κ3) is 3.46. The van der Waals surface area contributed by atoms with Gasteiger partial charge < -0.3 is 19.8 Å².